The minimum absolute atomic E-state index is 0.0164. The third-order valence-corrected chi connectivity index (χ3v) is 2.61. The molecule has 1 aromatic rings. The molecular formula is C15H25N3O2. The van der Waals surface area contributed by atoms with Gasteiger partial charge < -0.3 is 21.1 Å². The van der Waals surface area contributed by atoms with Crippen molar-refractivity contribution in [2.75, 3.05) is 13.1 Å². The van der Waals surface area contributed by atoms with Gasteiger partial charge in [0.25, 0.3) is 0 Å². The standard InChI is InChI=1S/C15H25N3O2/c1-15(2,3)20-14(19)18-11-13(9-16)17-10-12-7-5-4-6-8-12/h4-8,13,17H,9-11,16H2,1-3H3,(H,18,19). The highest BCUT2D eigenvalue weighted by Gasteiger charge is 2.16. The quantitative estimate of drug-likeness (QED) is 0.739. The van der Waals surface area contributed by atoms with Crippen molar-refractivity contribution in [1.82, 2.24) is 10.6 Å². The Kier molecular flexibility index (Phi) is 6.48. The number of carbonyl (C=O) groups is 1. The molecule has 0 saturated heterocycles. The Morgan fingerprint density at radius 2 is 1.95 bits per heavy atom. The molecule has 20 heavy (non-hydrogen) atoms. The van der Waals surface area contributed by atoms with Crippen LogP contribution in [0.3, 0.4) is 0 Å². The van der Waals surface area contributed by atoms with Gasteiger partial charge in [-0.1, -0.05) is 30.3 Å². The van der Waals surface area contributed by atoms with E-state index in [2.05, 4.69) is 10.6 Å². The van der Waals surface area contributed by atoms with Crippen LogP contribution in [0.1, 0.15) is 26.3 Å². The van der Waals surface area contributed by atoms with Crippen LogP contribution in [0.25, 0.3) is 0 Å². The van der Waals surface area contributed by atoms with Crippen LogP contribution < -0.4 is 16.4 Å². The largest absolute Gasteiger partial charge is 0.444 e. The molecule has 0 saturated carbocycles. The van der Waals surface area contributed by atoms with Crippen molar-refractivity contribution in [3.8, 4) is 0 Å². The lowest BCUT2D eigenvalue weighted by Gasteiger charge is -2.22. The highest BCUT2D eigenvalue weighted by molar-refractivity contribution is 5.67. The van der Waals surface area contributed by atoms with Gasteiger partial charge in [-0.3, -0.25) is 0 Å². The number of nitrogens with one attached hydrogen (secondary N) is 2. The monoisotopic (exact) mass is 279 g/mol. The van der Waals surface area contributed by atoms with Crippen molar-refractivity contribution in [1.29, 1.82) is 0 Å². The summed E-state index contributed by atoms with van der Waals surface area (Å²) in [7, 11) is 0. The lowest BCUT2D eigenvalue weighted by molar-refractivity contribution is 0.0523. The first-order valence-corrected chi connectivity index (χ1v) is 6.85. The minimum Gasteiger partial charge on any atom is -0.444 e. The predicted octanol–water partition coefficient (Wildman–Crippen LogP) is 1.63. The van der Waals surface area contributed by atoms with Crippen LogP contribution in [0.2, 0.25) is 0 Å². The van der Waals surface area contributed by atoms with E-state index >= 15 is 0 Å². The second-order valence-corrected chi connectivity index (χ2v) is 5.68. The van der Waals surface area contributed by atoms with E-state index in [0.29, 0.717) is 13.1 Å². The van der Waals surface area contributed by atoms with Crippen LogP contribution in [-0.4, -0.2) is 30.8 Å². The lowest BCUT2D eigenvalue weighted by Crippen LogP contribution is -2.46. The maximum atomic E-state index is 11.6. The van der Waals surface area contributed by atoms with Crippen LogP contribution in [0.15, 0.2) is 30.3 Å². The van der Waals surface area contributed by atoms with Crippen molar-refractivity contribution in [2.24, 2.45) is 5.73 Å². The molecule has 4 N–H and O–H groups in total. The van der Waals surface area contributed by atoms with Gasteiger partial charge in [0.1, 0.15) is 5.60 Å². The molecule has 0 aromatic heterocycles. The van der Waals surface area contributed by atoms with Gasteiger partial charge >= 0.3 is 6.09 Å². The van der Waals surface area contributed by atoms with Crippen LogP contribution in [0.5, 0.6) is 0 Å². The van der Waals surface area contributed by atoms with E-state index in [4.69, 9.17) is 10.5 Å². The molecule has 0 aliphatic carbocycles. The smallest absolute Gasteiger partial charge is 0.407 e. The number of carbonyl (C=O) groups excluding carboxylic acids is 1. The van der Waals surface area contributed by atoms with Gasteiger partial charge in [-0.25, -0.2) is 4.79 Å². The van der Waals surface area contributed by atoms with E-state index in [0.717, 1.165) is 6.54 Å². The highest BCUT2D eigenvalue weighted by atomic mass is 16.6. The molecule has 0 radical (unpaired) electrons. The highest BCUT2D eigenvalue weighted by Crippen LogP contribution is 2.06. The third-order valence-electron chi connectivity index (χ3n) is 2.61. The Bertz CT molecular complexity index is 401. The topological polar surface area (TPSA) is 76.4 Å². The molecule has 0 fully saturated rings. The van der Waals surface area contributed by atoms with Crippen molar-refractivity contribution < 1.29 is 9.53 Å². The van der Waals surface area contributed by atoms with Crippen molar-refractivity contribution in [3.05, 3.63) is 35.9 Å². The molecule has 1 atom stereocenters. The number of rotatable bonds is 6. The summed E-state index contributed by atoms with van der Waals surface area (Å²) in [6.07, 6.45) is -0.419. The molecule has 0 aliphatic heterocycles. The summed E-state index contributed by atoms with van der Waals surface area (Å²) in [5.74, 6) is 0. The number of nitrogens with two attached hydrogens (primary N) is 1. The summed E-state index contributed by atoms with van der Waals surface area (Å²) < 4.78 is 5.18. The summed E-state index contributed by atoms with van der Waals surface area (Å²) in [6.45, 7) is 7.11. The maximum absolute atomic E-state index is 11.6. The molecule has 5 nitrogen and oxygen atoms in total. The summed E-state index contributed by atoms with van der Waals surface area (Å²) in [4.78, 5) is 11.6. The first kappa shape index (κ1) is 16.5. The summed E-state index contributed by atoms with van der Waals surface area (Å²) >= 11 is 0. The maximum Gasteiger partial charge on any atom is 0.407 e. The molecule has 0 aliphatic rings. The predicted molar refractivity (Wildman–Crippen MR) is 80.4 cm³/mol. The molecule has 0 bridgehead atoms. The molecule has 1 unspecified atom stereocenters. The SMILES string of the molecule is CC(C)(C)OC(=O)NCC(CN)NCc1ccccc1. The Balaban J connectivity index is 2.31. The summed E-state index contributed by atoms with van der Waals surface area (Å²) in [6, 6.07) is 10.1. The summed E-state index contributed by atoms with van der Waals surface area (Å²) in [5, 5.41) is 6.03. The van der Waals surface area contributed by atoms with Crippen LogP contribution >= 0.6 is 0 Å². The van der Waals surface area contributed by atoms with E-state index in [1.807, 2.05) is 51.1 Å². The molecule has 1 aromatic carbocycles. The zero-order valence-corrected chi connectivity index (χ0v) is 12.5. The average molecular weight is 279 g/mol. The number of hydrogen-bond donors (Lipinski definition) is 3. The van der Waals surface area contributed by atoms with Gasteiger partial charge in [0.2, 0.25) is 0 Å². The molecular weight excluding hydrogens is 254 g/mol. The molecule has 5 heteroatoms. The first-order chi connectivity index (χ1) is 9.40. The fourth-order valence-electron chi connectivity index (χ4n) is 1.62. The van der Waals surface area contributed by atoms with E-state index in [-0.39, 0.29) is 6.04 Å². The van der Waals surface area contributed by atoms with E-state index in [9.17, 15) is 4.79 Å². The van der Waals surface area contributed by atoms with E-state index in [1.165, 1.54) is 5.56 Å². The fourth-order valence-corrected chi connectivity index (χ4v) is 1.62. The molecule has 0 heterocycles. The Hall–Kier alpha value is -1.59. The van der Waals surface area contributed by atoms with E-state index in [1.54, 1.807) is 0 Å². The van der Waals surface area contributed by atoms with Crippen molar-refractivity contribution in [3.63, 3.8) is 0 Å². The van der Waals surface area contributed by atoms with Crippen LogP contribution in [0.4, 0.5) is 4.79 Å². The van der Waals surface area contributed by atoms with Crippen molar-refractivity contribution in [2.45, 2.75) is 39.0 Å². The Morgan fingerprint density at radius 1 is 1.30 bits per heavy atom. The molecule has 0 spiro atoms. The van der Waals surface area contributed by atoms with Crippen molar-refractivity contribution >= 4 is 6.09 Å². The Labute approximate surface area is 120 Å². The number of benzene rings is 1. The zero-order valence-electron chi connectivity index (χ0n) is 12.5. The van der Waals surface area contributed by atoms with Crippen LogP contribution in [0, 0.1) is 0 Å². The van der Waals surface area contributed by atoms with Gasteiger partial charge in [-0.05, 0) is 26.3 Å². The minimum atomic E-state index is -0.486. The van der Waals surface area contributed by atoms with E-state index < -0.39 is 11.7 Å². The van der Waals surface area contributed by atoms with Gasteiger partial charge in [0.15, 0.2) is 0 Å². The van der Waals surface area contributed by atoms with Gasteiger partial charge in [0.05, 0.1) is 0 Å². The average Bonchev–Trinajstić information content (AvgIpc) is 2.38. The Morgan fingerprint density at radius 3 is 2.50 bits per heavy atom. The number of alkyl carbamates (subject to hydrolysis) is 1. The van der Waals surface area contributed by atoms with Gasteiger partial charge in [-0.2, -0.15) is 0 Å². The molecule has 1 rings (SSSR count). The molecule has 1 amide bonds. The molecule has 112 valence electrons. The fraction of sp³-hybridized carbons (Fsp3) is 0.533. The van der Waals surface area contributed by atoms with Gasteiger partial charge in [0, 0.05) is 25.7 Å². The third kappa shape index (κ3) is 7.11. The van der Waals surface area contributed by atoms with Crippen LogP contribution in [-0.2, 0) is 11.3 Å². The number of hydrogen-bond acceptors (Lipinski definition) is 4. The first-order valence-electron chi connectivity index (χ1n) is 6.85. The second-order valence-electron chi connectivity index (χ2n) is 5.68. The lowest BCUT2D eigenvalue weighted by atomic mass is 10.2. The number of amides is 1. The zero-order chi connectivity index (χ0) is 15.0. The second kappa shape index (κ2) is 7.87. The normalized spacial score (nSPS) is 12.8. The number of ether oxygens (including phenoxy) is 1. The summed E-state index contributed by atoms with van der Waals surface area (Å²) in [5.41, 5.74) is 6.39. The van der Waals surface area contributed by atoms with Gasteiger partial charge in [-0.15, -0.1) is 0 Å².